The summed E-state index contributed by atoms with van der Waals surface area (Å²) in [6, 6.07) is 4.11. The van der Waals surface area contributed by atoms with Gasteiger partial charge in [-0.2, -0.15) is 18.4 Å². The molecule has 2 heterocycles. The summed E-state index contributed by atoms with van der Waals surface area (Å²) in [6.45, 7) is 10.6. The quantitative estimate of drug-likeness (QED) is 0.480. The summed E-state index contributed by atoms with van der Waals surface area (Å²) in [5.74, 6) is -4.78. The highest BCUT2D eigenvalue weighted by Gasteiger charge is 2.70. The lowest BCUT2D eigenvalue weighted by molar-refractivity contribution is -0.176. The van der Waals surface area contributed by atoms with E-state index in [2.05, 4.69) is 10.6 Å². The highest BCUT2D eigenvalue weighted by molar-refractivity contribution is 5.96. The van der Waals surface area contributed by atoms with Crippen LogP contribution in [0.1, 0.15) is 52.2 Å². The van der Waals surface area contributed by atoms with Crippen molar-refractivity contribution in [2.24, 2.45) is 28.6 Å². The van der Waals surface area contributed by atoms with Crippen LogP contribution in [0.3, 0.4) is 0 Å². The smallest absolute Gasteiger partial charge is 0.339 e. The van der Waals surface area contributed by atoms with E-state index >= 15 is 0 Å². The van der Waals surface area contributed by atoms with Crippen molar-refractivity contribution in [3.63, 3.8) is 0 Å². The number of nitriles is 1. The fourth-order valence-corrected chi connectivity index (χ4v) is 6.32. The molecule has 2 aliphatic heterocycles. The van der Waals surface area contributed by atoms with Gasteiger partial charge in [0.2, 0.25) is 17.7 Å². The normalized spacial score (nSPS) is 26.0. The third-order valence-corrected chi connectivity index (χ3v) is 8.75. The Balaban J connectivity index is 1.52. The van der Waals surface area contributed by atoms with Crippen LogP contribution >= 0.6 is 0 Å². The number of fused-ring (bicyclic) bond motifs is 2. The number of hydrogen-bond donors (Lipinski definition) is 3. The molecule has 12 heteroatoms. The number of anilines is 1. The van der Waals surface area contributed by atoms with E-state index in [0.29, 0.717) is 12.1 Å². The fraction of sp³-hybridized carbons (Fsp3) is 0.621. The van der Waals surface area contributed by atoms with Crippen LogP contribution in [0.2, 0.25) is 0 Å². The molecule has 1 aliphatic carbocycles. The van der Waals surface area contributed by atoms with Crippen molar-refractivity contribution < 1.29 is 32.3 Å². The number of nitrogens with one attached hydrogen (secondary N) is 3. The molecule has 0 aromatic heterocycles. The standard InChI is InChI=1S/C29H36F3N5O4/c1-14-7-8-19-15(9-14)10-16(23(38)35-19)11-17(12-33)34-24(39)21-20-18(28(20,5)6)13-37(21)25(40)22(27(2,3)4)36-26(41)29(30,31)32/h7-9,16-18,20-22H,10-11,13H2,1-6H3,(H,34,39)(H,35,38)(H,36,41)/t16?,17?,18-,20-,21-,22+/m0/s1. The molecule has 1 saturated carbocycles. The number of rotatable bonds is 6. The summed E-state index contributed by atoms with van der Waals surface area (Å²) in [5.41, 5.74) is 1.29. The molecule has 2 fully saturated rings. The molecule has 6 atom stereocenters. The van der Waals surface area contributed by atoms with Gasteiger partial charge >= 0.3 is 12.1 Å². The Morgan fingerprint density at radius 2 is 1.85 bits per heavy atom. The molecular formula is C29H36F3N5O4. The van der Waals surface area contributed by atoms with Crippen molar-refractivity contribution in [2.75, 3.05) is 11.9 Å². The van der Waals surface area contributed by atoms with Crippen molar-refractivity contribution >= 4 is 29.3 Å². The number of piperidine rings is 1. The lowest BCUT2D eigenvalue weighted by Gasteiger charge is -2.38. The number of aryl methyl sites for hydroxylation is 1. The summed E-state index contributed by atoms with van der Waals surface area (Å²) in [5, 5.41) is 17.2. The first-order valence-electron chi connectivity index (χ1n) is 13.6. The van der Waals surface area contributed by atoms with E-state index in [9.17, 15) is 37.6 Å². The molecule has 222 valence electrons. The van der Waals surface area contributed by atoms with E-state index in [4.69, 9.17) is 0 Å². The molecular weight excluding hydrogens is 539 g/mol. The lowest BCUT2D eigenvalue weighted by Crippen LogP contribution is -2.61. The Labute approximate surface area is 237 Å². The molecule has 0 bridgehead atoms. The van der Waals surface area contributed by atoms with Crippen molar-refractivity contribution in [3.8, 4) is 6.07 Å². The summed E-state index contributed by atoms with van der Waals surface area (Å²) in [4.78, 5) is 53.1. The largest absolute Gasteiger partial charge is 0.471 e. The maximum absolute atomic E-state index is 13.7. The third kappa shape index (κ3) is 5.90. The molecule has 1 aromatic rings. The third-order valence-electron chi connectivity index (χ3n) is 8.75. The number of halogens is 3. The second kappa shape index (κ2) is 10.3. The van der Waals surface area contributed by atoms with Gasteiger partial charge in [-0.1, -0.05) is 52.3 Å². The number of benzene rings is 1. The average Bonchev–Trinajstić information content (AvgIpc) is 3.19. The molecule has 1 saturated heterocycles. The van der Waals surface area contributed by atoms with Gasteiger partial charge in [-0.05, 0) is 54.1 Å². The zero-order valence-electron chi connectivity index (χ0n) is 24.0. The summed E-state index contributed by atoms with van der Waals surface area (Å²) in [6.07, 6.45) is -4.74. The van der Waals surface area contributed by atoms with Crippen molar-refractivity contribution in [1.82, 2.24) is 15.5 Å². The van der Waals surface area contributed by atoms with E-state index in [1.807, 2.05) is 50.4 Å². The number of nitrogens with zero attached hydrogens (tertiary/aromatic N) is 2. The van der Waals surface area contributed by atoms with Crippen molar-refractivity contribution in [1.29, 1.82) is 5.26 Å². The van der Waals surface area contributed by atoms with Crippen molar-refractivity contribution in [3.05, 3.63) is 29.3 Å². The van der Waals surface area contributed by atoms with Crippen LogP contribution in [0, 0.1) is 46.8 Å². The number of hydrogen-bond acceptors (Lipinski definition) is 5. The van der Waals surface area contributed by atoms with Crippen LogP contribution in [-0.4, -0.2) is 59.4 Å². The van der Waals surface area contributed by atoms with Gasteiger partial charge in [-0.3, -0.25) is 19.2 Å². The molecule has 3 N–H and O–H groups in total. The highest BCUT2D eigenvalue weighted by atomic mass is 19.4. The summed E-state index contributed by atoms with van der Waals surface area (Å²) >= 11 is 0. The van der Waals surface area contributed by atoms with Crippen LogP contribution in [-0.2, 0) is 25.6 Å². The molecule has 41 heavy (non-hydrogen) atoms. The van der Waals surface area contributed by atoms with Gasteiger partial charge < -0.3 is 20.9 Å². The Bertz CT molecular complexity index is 1310. The van der Waals surface area contributed by atoms with Gasteiger partial charge in [0.05, 0.1) is 6.07 Å². The van der Waals surface area contributed by atoms with Crippen LogP contribution in [0.4, 0.5) is 18.9 Å². The minimum atomic E-state index is -5.18. The molecule has 4 amide bonds. The monoisotopic (exact) mass is 575 g/mol. The molecule has 9 nitrogen and oxygen atoms in total. The van der Waals surface area contributed by atoms with E-state index < -0.39 is 53.4 Å². The number of likely N-dealkylation sites (tertiary alicyclic amines) is 1. The van der Waals surface area contributed by atoms with E-state index in [0.717, 1.165) is 11.1 Å². The van der Waals surface area contributed by atoms with E-state index in [1.54, 1.807) is 0 Å². The topological polar surface area (TPSA) is 131 Å². The summed E-state index contributed by atoms with van der Waals surface area (Å²) in [7, 11) is 0. The van der Waals surface area contributed by atoms with Gasteiger partial charge in [-0.15, -0.1) is 0 Å². The first kappa shape index (κ1) is 30.3. The number of carbonyl (C=O) groups is 4. The van der Waals surface area contributed by atoms with Crippen molar-refractivity contribution in [2.45, 2.75) is 78.7 Å². The minimum Gasteiger partial charge on any atom is -0.339 e. The zero-order chi connectivity index (χ0) is 30.7. The lowest BCUT2D eigenvalue weighted by atomic mass is 9.85. The average molecular weight is 576 g/mol. The summed E-state index contributed by atoms with van der Waals surface area (Å²) < 4.78 is 39.2. The van der Waals surface area contributed by atoms with Crippen LogP contribution < -0.4 is 16.0 Å². The SMILES string of the molecule is Cc1ccc2c(c1)CC(CC(C#N)NC(=O)[C@@H]1[C@@H]3[C@H](CN1C(=O)[C@@H](NC(=O)C(F)(F)F)C(C)(C)C)C3(C)C)C(=O)N2. The number of carbonyl (C=O) groups excluding carboxylic acids is 4. The molecule has 1 aromatic carbocycles. The van der Waals surface area contributed by atoms with E-state index in [1.165, 1.54) is 25.7 Å². The number of alkyl halides is 3. The highest BCUT2D eigenvalue weighted by Crippen LogP contribution is 2.65. The van der Waals surface area contributed by atoms with Crippen LogP contribution in [0.5, 0.6) is 0 Å². The van der Waals surface area contributed by atoms with Gasteiger partial charge in [-0.25, -0.2) is 0 Å². The van der Waals surface area contributed by atoms with E-state index in [-0.39, 0.29) is 36.1 Å². The molecule has 0 radical (unpaired) electrons. The number of amides is 4. The maximum atomic E-state index is 13.7. The predicted molar refractivity (Wildman–Crippen MR) is 143 cm³/mol. The Kier molecular flexibility index (Phi) is 7.65. The molecule has 0 spiro atoms. The van der Waals surface area contributed by atoms with Crippen LogP contribution in [0.25, 0.3) is 0 Å². The van der Waals surface area contributed by atoms with Crippen LogP contribution in [0.15, 0.2) is 18.2 Å². The maximum Gasteiger partial charge on any atom is 0.471 e. The minimum absolute atomic E-state index is 0.0475. The second-order valence-corrected chi connectivity index (χ2v) is 13.1. The van der Waals surface area contributed by atoms with Gasteiger partial charge in [0.1, 0.15) is 18.1 Å². The Hall–Kier alpha value is -3.62. The molecule has 3 aliphatic rings. The zero-order valence-corrected chi connectivity index (χ0v) is 24.0. The fourth-order valence-electron chi connectivity index (χ4n) is 6.32. The second-order valence-electron chi connectivity index (χ2n) is 13.1. The molecule has 4 rings (SSSR count). The Morgan fingerprint density at radius 1 is 1.20 bits per heavy atom. The Morgan fingerprint density at radius 3 is 2.44 bits per heavy atom. The first-order chi connectivity index (χ1) is 18.9. The first-order valence-corrected chi connectivity index (χ1v) is 13.6. The van der Waals surface area contributed by atoms with Gasteiger partial charge in [0.25, 0.3) is 0 Å². The molecule has 2 unspecified atom stereocenters. The van der Waals surface area contributed by atoms with Gasteiger partial charge in [0, 0.05) is 18.2 Å². The predicted octanol–water partition coefficient (Wildman–Crippen LogP) is 3.08. The van der Waals surface area contributed by atoms with Gasteiger partial charge in [0.15, 0.2) is 0 Å².